The number of carbonyl (C=O) groups excluding carboxylic acids is 2. The Kier molecular flexibility index (Phi) is 6.63. The summed E-state index contributed by atoms with van der Waals surface area (Å²) in [6, 6.07) is 18.8. The molecule has 1 aliphatic heterocycles. The van der Waals surface area contributed by atoms with Crippen LogP contribution in [0.2, 0.25) is 0 Å². The Morgan fingerprint density at radius 1 is 0.952 bits per heavy atom. The second-order valence-corrected chi connectivity index (χ2v) is 10.1. The molecule has 5 atom stereocenters. The van der Waals surface area contributed by atoms with E-state index in [4.69, 9.17) is 23.7 Å². The van der Waals surface area contributed by atoms with Crippen molar-refractivity contribution in [1.29, 1.82) is 0 Å². The van der Waals surface area contributed by atoms with Gasteiger partial charge in [0.15, 0.2) is 11.2 Å². The van der Waals surface area contributed by atoms with Crippen LogP contribution in [0.25, 0.3) is 0 Å². The minimum atomic E-state index is -2.27. The minimum absolute atomic E-state index is 0.131. The van der Waals surface area contributed by atoms with Crippen molar-refractivity contribution in [1.82, 2.24) is 9.55 Å². The van der Waals surface area contributed by atoms with Crippen molar-refractivity contribution >= 4 is 12.1 Å². The number of nitrogens with zero attached hydrogens (tertiary/aromatic N) is 2. The van der Waals surface area contributed by atoms with Gasteiger partial charge in [-0.1, -0.05) is 42.5 Å². The zero-order valence-electron chi connectivity index (χ0n) is 23.0. The lowest BCUT2D eigenvalue weighted by Gasteiger charge is -2.40. The lowest BCUT2D eigenvalue weighted by Crippen LogP contribution is -2.52. The van der Waals surface area contributed by atoms with E-state index in [1.807, 2.05) is 0 Å². The molecular formula is C31H28N2O9. The number of carbonyl (C=O) groups is 2. The highest BCUT2D eigenvalue weighted by molar-refractivity contribution is 5.89. The molecular weight excluding hydrogens is 544 g/mol. The highest BCUT2D eigenvalue weighted by Gasteiger charge is 2.78. The first-order valence-electron chi connectivity index (χ1n) is 13.1. The molecule has 2 N–H and O–H groups in total. The molecule has 0 bridgehead atoms. The number of aliphatic hydroxyl groups excluding tert-OH is 1. The van der Waals surface area contributed by atoms with Crippen LogP contribution < -0.4 is 18.9 Å². The van der Waals surface area contributed by atoms with Crippen molar-refractivity contribution in [2.75, 3.05) is 21.3 Å². The topological polar surface area (TPSA) is 139 Å². The third kappa shape index (κ3) is 3.77. The Balaban J connectivity index is 1.61. The molecule has 2 heterocycles. The van der Waals surface area contributed by atoms with E-state index in [0.717, 1.165) is 4.57 Å². The van der Waals surface area contributed by atoms with E-state index in [-0.39, 0.29) is 17.1 Å². The van der Waals surface area contributed by atoms with E-state index in [9.17, 15) is 19.8 Å². The SMILES string of the molecule is COc1ccc(C23Oc4cc(OC)cc(OC)c4C2(O)C(O)C(C(=O)OC(=O)n2ccnc2)C3c2ccccc2)cc1. The number of imidazole rings is 1. The maximum absolute atomic E-state index is 13.9. The Labute approximate surface area is 240 Å². The van der Waals surface area contributed by atoms with E-state index in [2.05, 4.69) is 4.98 Å². The average Bonchev–Trinajstić information content (AvgIpc) is 3.70. The standard InChI is InChI=1S/C31H28N2O9/c1-38-20-11-9-19(10-12-20)31-25(18-7-5-4-6-8-18)24(28(35)41-29(36)33-14-13-32-17-33)27(34)30(31,37)26-22(40-3)15-21(39-2)16-23(26)42-31/h4-17,24-25,27,34,37H,1-3H3. The van der Waals surface area contributed by atoms with Gasteiger partial charge in [-0.05, 0) is 23.3 Å². The van der Waals surface area contributed by atoms with Gasteiger partial charge in [-0.3, -0.25) is 4.79 Å². The van der Waals surface area contributed by atoms with Crippen molar-refractivity contribution in [3.8, 4) is 23.0 Å². The van der Waals surface area contributed by atoms with Crippen molar-refractivity contribution in [3.63, 3.8) is 0 Å². The van der Waals surface area contributed by atoms with Gasteiger partial charge >= 0.3 is 12.1 Å². The molecule has 3 aromatic carbocycles. The Morgan fingerprint density at radius 3 is 2.29 bits per heavy atom. The molecule has 0 saturated heterocycles. The van der Waals surface area contributed by atoms with Crippen molar-refractivity contribution < 1.29 is 43.5 Å². The van der Waals surface area contributed by atoms with Crippen LogP contribution in [-0.2, 0) is 20.7 Å². The van der Waals surface area contributed by atoms with Gasteiger partial charge in [0.2, 0.25) is 0 Å². The number of aliphatic hydroxyl groups is 2. The van der Waals surface area contributed by atoms with Crippen LogP contribution in [0.15, 0.2) is 85.5 Å². The summed E-state index contributed by atoms with van der Waals surface area (Å²) in [4.78, 5) is 30.5. The molecule has 6 rings (SSSR count). The number of methoxy groups -OCH3 is 3. The van der Waals surface area contributed by atoms with Gasteiger partial charge in [0.1, 0.15) is 35.4 Å². The number of hydrogen-bond donors (Lipinski definition) is 2. The van der Waals surface area contributed by atoms with Crippen molar-refractivity contribution in [2.24, 2.45) is 5.92 Å². The quantitative estimate of drug-likeness (QED) is 0.261. The van der Waals surface area contributed by atoms with Crippen molar-refractivity contribution in [3.05, 3.63) is 102 Å². The number of benzene rings is 3. The highest BCUT2D eigenvalue weighted by atomic mass is 16.6. The first-order chi connectivity index (χ1) is 20.3. The molecule has 1 saturated carbocycles. The van der Waals surface area contributed by atoms with Crippen LogP contribution in [0.1, 0.15) is 22.6 Å². The van der Waals surface area contributed by atoms with Crippen LogP contribution in [-0.4, -0.2) is 59.3 Å². The van der Waals surface area contributed by atoms with Crippen LogP contribution >= 0.6 is 0 Å². The number of fused-ring (bicyclic) bond motifs is 3. The summed E-state index contributed by atoms with van der Waals surface area (Å²) in [6.45, 7) is 0. The minimum Gasteiger partial charge on any atom is -0.497 e. The maximum Gasteiger partial charge on any atom is 0.427 e. The summed E-state index contributed by atoms with van der Waals surface area (Å²) in [5.41, 5.74) is -2.95. The summed E-state index contributed by atoms with van der Waals surface area (Å²) in [6.07, 6.45) is 1.04. The lowest BCUT2D eigenvalue weighted by molar-refractivity contribution is -0.159. The Hall–Kier alpha value is -4.87. The van der Waals surface area contributed by atoms with Gasteiger partial charge in [-0.15, -0.1) is 0 Å². The highest BCUT2D eigenvalue weighted by Crippen LogP contribution is 2.70. The molecule has 1 aromatic heterocycles. The van der Waals surface area contributed by atoms with Crippen LogP contribution in [0.3, 0.4) is 0 Å². The van der Waals surface area contributed by atoms with Crippen LogP contribution in [0, 0.1) is 5.92 Å². The van der Waals surface area contributed by atoms with E-state index in [1.165, 1.54) is 40.1 Å². The van der Waals surface area contributed by atoms with Crippen LogP contribution in [0.4, 0.5) is 4.79 Å². The number of ether oxygens (including phenoxy) is 5. The summed E-state index contributed by atoms with van der Waals surface area (Å²) in [5.74, 6) is -2.26. The monoisotopic (exact) mass is 572 g/mol. The average molecular weight is 573 g/mol. The molecule has 5 unspecified atom stereocenters. The molecule has 0 amide bonds. The maximum atomic E-state index is 13.9. The second kappa shape index (κ2) is 10.2. The van der Waals surface area contributed by atoms with E-state index < -0.39 is 41.2 Å². The largest absolute Gasteiger partial charge is 0.497 e. The summed E-state index contributed by atoms with van der Waals surface area (Å²) >= 11 is 0. The van der Waals surface area contributed by atoms with Crippen molar-refractivity contribution in [2.45, 2.75) is 23.2 Å². The van der Waals surface area contributed by atoms with E-state index in [0.29, 0.717) is 22.6 Å². The Morgan fingerprint density at radius 2 is 1.67 bits per heavy atom. The molecule has 11 heteroatoms. The van der Waals surface area contributed by atoms with E-state index in [1.54, 1.807) is 66.7 Å². The number of aromatic nitrogens is 2. The van der Waals surface area contributed by atoms with E-state index >= 15 is 0 Å². The molecule has 1 fully saturated rings. The molecule has 216 valence electrons. The van der Waals surface area contributed by atoms with Gasteiger partial charge in [0.25, 0.3) is 0 Å². The van der Waals surface area contributed by atoms with Crippen LogP contribution in [0.5, 0.6) is 23.0 Å². The predicted molar refractivity (Wildman–Crippen MR) is 147 cm³/mol. The molecule has 2 aliphatic rings. The summed E-state index contributed by atoms with van der Waals surface area (Å²) in [5, 5.41) is 25.0. The molecule has 4 aromatic rings. The second-order valence-electron chi connectivity index (χ2n) is 10.1. The summed E-state index contributed by atoms with van der Waals surface area (Å²) < 4.78 is 29.4. The zero-order chi connectivity index (χ0) is 29.6. The van der Waals surface area contributed by atoms with Gasteiger partial charge < -0.3 is 33.9 Å². The fourth-order valence-corrected chi connectivity index (χ4v) is 6.34. The number of hydrogen-bond acceptors (Lipinski definition) is 10. The third-order valence-corrected chi connectivity index (χ3v) is 8.13. The fraction of sp³-hybridized carbons (Fsp3) is 0.258. The number of esters is 1. The van der Waals surface area contributed by atoms with Gasteiger partial charge in [-0.2, -0.15) is 0 Å². The normalized spacial score (nSPS) is 25.6. The van der Waals surface area contributed by atoms with Gasteiger partial charge in [0.05, 0.1) is 32.8 Å². The number of rotatable bonds is 6. The molecule has 11 nitrogen and oxygen atoms in total. The molecule has 42 heavy (non-hydrogen) atoms. The van der Waals surface area contributed by atoms with Gasteiger partial charge in [0, 0.05) is 30.4 Å². The fourth-order valence-electron chi connectivity index (χ4n) is 6.34. The zero-order valence-corrected chi connectivity index (χ0v) is 23.0. The Bertz CT molecular complexity index is 1620. The molecule has 0 radical (unpaired) electrons. The first-order valence-corrected chi connectivity index (χ1v) is 13.1. The first kappa shape index (κ1) is 27.3. The molecule has 1 aliphatic carbocycles. The lowest BCUT2D eigenvalue weighted by atomic mass is 9.70. The smallest absolute Gasteiger partial charge is 0.427 e. The molecule has 0 spiro atoms. The van der Waals surface area contributed by atoms with Gasteiger partial charge in [-0.25, -0.2) is 14.3 Å². The summed E-state index contributed by atoms with van der Waals surface area (Å²) in [7, 11) is 4.42. The predicted octanol–water partition coefficient (Wildman–Crippen LogP) is 3.37. The third-order valence-electron chi connectivity index (χ3n) is 8.13.